The van der Waals surface area contributed by atoms with E-state index in [4.69, 9.17) is 0 Å². The number of nitrogens with one attached hydrogen (secondary N) is 2. The van der Waals surface area contributed by atoms with Crippen LogP contribution in [-0.2, 0) is 16.0 Å². The van der Waals surface area contributed by atoms with Crippen LogP contribution in [0.15, 0.2) is 48.7 Å². The maximum atomic E-state index is 13.5. The maximum absolute atomic E-state index is 13.5. The summed E-state index contributed by atoms with van der Waals surface area (Å²) in [5, 5.41) is 5.36. The first kappa shape index (κ1) is 18.4. The summed E-state index contributed by atoms with van der Waals surface area (Å²) in [5.41, 5.74) is 0.868. The van der Waals surface area contributed by atoms with Gasteiger partial charge in [-0.25, -0.2) is 13.2 Å². The van der Waals surface area contributed by atoms with Crippen molar-refractivity contribution in [2.75, 3.05) is 11.9 Å². The molecule has 0 saturated heterocycles. The normalized spacial score (nSPS) is 10.6. The molecule has 0 bridgehead atoms. The van der Waals surface area contributed by atoms with Gasteiger partial charge in [0.1, 0.15) is 0 Å². The minimum Gasteiger partial charge on any atom is -0.347 e. The fourth-order valence-electron chi connectivity index (χ4n) is 2.54. The number of halogens is 3. The van der Waals surface area contributed by atoms with Crippen molar-refractivity contribution >= 4 is 28.4 Å². The van der Waals surface area contributed by atoms with Gasteiger partial charge in [-0.15, -0.1) is 0 Å². The second-order valence-corrected chi connectivity index (χ2v) is 5.72. The Labute approximate surface area is 152 Å². The van der Waals surface area contributed by atoms with E-state index in [2.05, 4.69) is 15.6 Å². The van der Waals surface area contributed by atoms with Gasteiger partial charge in [0.2, 0.25) is 11.8 Å². The number of carbonyl (C=O) groups excluding carboxylic acids is 2. The summed E-state index contributed by atoms with van der Waals surface area (Å²) in [7, 11) is 0. The molecule has 2 N–H and O–H groups in total. The van der Waals surface area contributed by atoms with Gasteiger partial charge in [0.05, 0.1) is 24.2 Å². The summed E-state index contributed by atoms with van der Waals surface area (Å²) in [6.45, 7) is -0.449. The Morgan fingerprint density at radius 3 is 2.52 bits per heavy atom. The van der Waals surface area contributed by atoms with Crippen molar-refractivity contribution in [3.05, 3.63) is 71.7 Å². The lowest BCUT2D eigenvalue weighted by Crippen LogP contribution is -2.34. The van der Waals surface area contributed by atoms with Crippen LogP contribution in [0.25, 0.3) is 10.9 Å². The summed E-state index contributed by atoms with van der Waals surface area (Å²) in [5.74, 6) is -5.75. The van der Waals surface area contributed by atoms with E-state index in [1.54, 1.807) is 24.4 Å². The number of benzene rings is 2. The number of pyridine rings is 1. The van der Waals surface area contributed by atoms with Crippen molar-refractivity contribution in [1.29, 1.82) is 0 Å². The number of amides is 2. The van der Waals surface area contributed by atoms with Gasteiger partial charge in [-0.2, -0.15) is 0 Å². The van der Waals surface area contributed by atoms with E-state index in [9.17, 15) is 22.8 Å². The van der Waals surface area contributed by atoms with Gasteiger partial charge in [-0.3, -0.25) is 14.6 Å². The van der Waals surface area contributed by atoms with E-state index < -0.39 is 41.5 Å². The van der Waals surface area contributed by atoms with Crippen LogP contribution in [0.5, 0.6) is 0 Å². The molecule has 0 atom stereocenters. The Kier molecular flexibility index (Phi) is 5.35. The predicted octanol–water partition coefficient (Wildman–Crippen LogP) is 2.95. The molecule has 2 aromatic carbocycles. The zero-order valence-electron chi connectivity index (χ0n) is 13.9. The van der Waals surface area contributed by atoms with Crippen LogP contribution in [0.3, 0.4) is 0 Å². The highest BCUT2D eigenvalue weighted by molar-refractivity contribution is 5.95. The second-order valence-electron chi connectivity index (χ2n) is 5.72. The van der Waals surface area contributed by atoms with E-state index in [1.807, 2.05) is 12.1 Å². The first-order valence-electron chi connectivity index (χ1n) is 7.98. The van der Waals surface area contributed by atoms with Crippen LogP contribution in [0.2, 0.25) is 0 Å². The molecule has 3 aromatic rings. The third-order valence-electron chi connectivity index (χ3n) is 3.82. The van der Waals surface area contributed by atoms with Crippen LogP contribution in [0.4, 0.5) is 18.9 Å². The largest absolute Gasteiger partial charge is 0.347 e. The number of fused-ring (bicyclic) bond motifs is 1. The molecule has 0 unspecified atom stereocenters. The molecular weight excluding hydrogens is 359 g/mol. The van der Waals surface area contributed by atoms with E-state index in [0.29, 0.717) is 17.1 Å². The van der Waals surface area contributed by atoms with Gasteiger partial charge in [0, 0.05) is 11.6 Å². The van der Waals surface area contributed by atoms with Crippen LogP contribution in [0.1, 0.15) is 5.56 Å². The third-order valence-corrected chi connectivity index (χ3v) is 3.82. The Balaban J connectivity index is 1.59. The summed E-state index contributed by atoms with van der Waals surface area (Å²) < 4.78 is 39.6. The maximum Gasteiger partial charge on any atom is 0.243 e. The molecule has 0 aliphatic heterocycles. The van der Waals surface area contributed by atoms with E-state index >= 15 is 0 Å². The zero-order valence-corrected chi connectivity index (χ0v) is 13.9. The van der Waals surface area contributed by atoms with Gasteiger partial charge < -0.3 is 10.6 Å². The molecule has 138 valence electrons. The molecule has 0 aliphatic carbocycles. The quantitative estimate of drug-likeness (QED) is 0.676. The van der Waals surface area contributed by atoms with Gasteiger partial charge in [-0.05, 0) is 23.8 Å². The molecule has 3 rings (SSSR count). The molecule has 1 heterocycles. The lowest BCUT2D eigenvalue weighted by molar-refractivity contribution is -0.123. The van der Waals surface area contributed by atoms with Crippen LogP contribution in [0, 0.1) is 17.5 Å². The van der Waals surface area contributed by atoms with Crippen LogP contribution < -0.4 is 10.6 Å². The summed E-state index contributed by atoms with van der Waals surface area (Å²) in [6, 6.07) is 10.7. The van der Waals surface area contributed by atoms with Crippen molar-refractivity contribution in [1.82, 2.24) is 10.3 Å². The molecular formula is C19H14F3N3O2. The molecule has 27 heavy (non-hydrogen) atoms. The third kappa shape index (κ3) is 4.22. The van der Waals surface area contributed by atoms with E-state index in [0.717, 1.165) is 11.5 Å². The molecule has 8 heteroatoms. The van der Waals surface area contributed by atoms with Gasteiger partial charge >= 0.3 is 0 Å². The van der Waals surface area contributed by atoms with Crippen molar-refractivity contribution < 1.29 is 22.8 Å². The molecule has 0 saturated carbocycles. The number of nitrogens with zero attached hydrogens (tertiary/aromatic N) is 1. The summed E-state index contributed by atoms with van der Waals surface area (Å²) in [4.78, 5) is 28.1. The average molecular weight is 373 g/mol. The van der Waals surface area contributed by atoms with E-state index in [1.165, 1.54) is 0 Å². The number of aromatic nitrogens is 1. The number of rotatable bonds is 5. The molecule has 0 fully saturated rings. The van der Waals surface area contributed by atoms with Gasteiger partial charge in [0.15, 0.2) is 17.5 Å². The van der Waals surface area contributed by atoms with Crippen molar-refractivity contribution in [3.8, 4) is 0 Å². The zero-order chi connectivity index (χ0) is 19.4. The second kappa shape index (κ2) is 7.86. The minimum absolute atomic E-state index is 0.00116. The molecule has 1 aromatic heterocycles. The monoisotopic (exact) mass is 373 g/mol. The number of carbonyl (C=O) groups is 2. The highest BCUT2D eigenvalue weighted by Crippen LogP contribution is 2.19. The topological polar surface area (TPSA) is 71.1 Å². The predicted molar refractivity (Wildman–Crippen MR) is 93.4 cm³/mol. The number of anilines is 1. The highest BCUT2D eigenvalue weighted by Gasteiger charge is 2.16. The van der Waals surface area contributed by atoms with Crippen molar-refractivity contribution in [3.63, 3.8) is 0 Å². The summed E-state index contributed by atoms with van der Waals surface area (Å²) in [6.07, 6.45) is 1.62. The van der Waals surface area contributed by atoms with E-state index in [-0.39, 0.29) is 6.42 Å². The molecule has 0 spiro atoms. The molecule has 0 aliphatic rings. The Morgan fingerprint density at radius 1 is 0.926 bits per heavy atom. The van der Waals surface area contributed by atoms with Gasteiger partial charge in [0.25, 0.3) is 0 Å². The van der Waals surface area contributed by atoms with Crippen LogP contribution in [-0.4, -0.2) is 23.3 Å². The lowest BCUT2D eigenvalue weighted by atomic mass is 10.1. The minimum atomic E-state index is -1.68. The van der Waals surface area contributed by atoms with Crippen LogP contribution >= 0.6 is 0 Å². The van der Waals surface area contributed by atoms with Crippen molar-refractivity contribution in [2.24, 2.45) is 0 Å². The molecule has 5 nitrogen and oxygen atoms in total. The SMILES string of the molecule is O=C(Cc1cccc2cccnc12)NCC(=O)Nc1ccc(F)c(F)c1F. The first-order valence-corrected chi connectivity index (χ1v) is 7.98. The number of hydrogen-bond acceptors (Lipinski definition) is 3. The Morgan fingerprint density at radius 2 is 1.70 bits per heavy atom. The highest BCUT2D eigenvalue weighted by atomic mass is 19.2. The first-order chi connectivity index (χ1) is 13.0. The van der Waals surface area contributed by atoms with Gasteiger partial charge in [-0.1, -0.05) is 24.3 Å². The van der Waals surface area contributed by atoms with Crippen molar-refractivity contribution in [2.45, 2.75) is 6.42 Å². The summed E-state index contributed by atoms with van der Waals surface area (Å²) >= 11 is 0. The standard InChI is InChI=1S/C19H14F3N3O2/c20-13-6-7-14(18(22)17(13)21)25-16(27)10-24-15(26)9-12-4-1-3-11-5-2-8-23-19(11)12/h1-8H,9-10H2,(H,24,26)(H,25,27). The fraction of sp³-hybridized carbons (Fsp3) is 0.105. The fourth-order valence-corrected chi connectivity index (χ4v) is 2.54. The molecule has 0 radical (unpaired) electrons. The lowest BCUT2D eigenvalue weighted by Gasteiger charge is -2.09. The molecule has 2 amide bonds. The Hall–Kier alpha value is -3.42. The number of hydrogen-bond donors (Lipinski definition) is 2. The Bertz CT molecular complexity index is 1020. The number of para-hydroxylation sites is 1. The average Bonchev–Trinajstić information content (AvgIpc) is 2.67. The smallest absolute Gasteiger partial charge is 0.243 e.